The van der Waals surface area contributed by atoms with Crippen molar-refractivity contribution in [1.29, 1.82) is 0 Å². The molecule has 0 saturated heterocycles. The summed E-state index contributed by atoms with van der Waals surface area (Å²) in [5.41, 5.74) is 4.14. The molecule has 0 amide bonds. The van der Waals surface area contributed by atoms with E-state index in [9.17, 15) is 0 Å². The van der Waals surface area contributed by atoms with Gasteiger partial charge in [-0.2, -0.15) is 4.98 Å². The van der Waals surface area contributed by atoms with Crippen LogP contribution < -0.4 is 0 Å². The summed E-state index contributed by atoms with van der Waals surface area (Å²) in [5.74, 6) is 2.37. The van der Waals surface area contributed by atoms with E-state index in [1.807, 2.05) is 59.2 Å². The fourth-order valence-corrected chi connectivity index (χ4v) is 4.10. The third-order valence-corrected chi connectivity index (χ3v) is 5.91. The molecule has 7 nitrogen and oxygen atoms in total. The maximum atomic E-state index is 5.49. The van der Waals surface area contributed by atoms with Gasteiger partial charge in [0.1, 0.15) is 0 Å². The molecule has 0 aliphatic carbocycles. The summed E-state index contributed by atoms with van der Waals surface area (Å²) in [6.07, 6.45) is 4.50. The van der Waals surface area contributed by atoms with Gasteiger partial charge in [0.05, 0.1) is 5.75 Å². The highest BCUT2D eigenvalue weighted by molar-refractivity contribution is 7.98. The quantitative estimate of drug-likeness (QED) is 0.320. The average molecular weight is 441 g/mol. The highest BCUT2D eigenvalue weighted by atomic mass is 32.2. The van der Waals surface area contributed by atoms with E-state index in [4.69, 9.17) is 4.52 Å². The van der Waals surface area contributed by atoms with Crippen LogP contribution in [-0.4, -0.2) is 29.9 Å². The number of aromatic nitrogens is 6. The van der Waals surface area contributed by atoms with E-state index in [0.717, 1.165) is 34.2 Å². The standard InChI is InChI=1S/C24H20N6OS/c1-2-17-8-10-18(11-9-17)22-26-21(31-29-22)16-32-24-28-27-23(19-12-14-25-15-13-19)30(24)20-6-4-3-5-7-20/h3-15H,2,16H2,1H3. The second-order valence-corrected chi connectivity index (χ2v) is 8.01. The first kappa shape index (κ1) is 20.1. The Hall–Kier alpha value is -3.78. The molecule has 0 bridgehead atoms. The molecule has 32 heavy (non-hydrogen) atoms. The zero-order valence-electron chi connectivity index (χ0n) is 17.4. The first-order chi connectivity index (χ1) is 15.8. The number of pyridine rings is 1. The summed E-state index contributed by atoms with van der Waals surface area (Å²) in [4.78, 5) is 8.66. The number of rotatable bonds is 7. The molecule has 0 fully saturated rings. The Bertz CT molecular complexity index is 1300. The van der Waals surface area contributed by atoms with Gasteiger partial charge in [0.25, 0.3) is 0 Å². The number of nitrogens with zero attached hydrogens (tertiary/aromatic N) is 6. The van der Waals surface area contributed by atoms with Crippen molar-refractivity contribution in [2.24, 2.45) is 0 Å². The second-order valence-electron chi connectivity index (χ2n) is 7.06. The van der Waals surface area contributed by atoms with Gasteiger partial charge in [-0.25, -0.2) is 0 Å². The predicted octanol–water partition coefficient (Wildman–Crippen LogP) is 5.23. The topological polar surface area (TPSA) is 82.5 Å². The van der Waals surface area contributed by atoms with Crippen molar-refractivity contribution in [2.45, 2.75) is 24.3 Å². The Kier molecular flexibility index (Phi) is 5.76. The molecule has 0 atom stereocenters. The molecule has 0 N–H and O–H groups in total. The van der Waals surface area contributed by atoms with Crippen LogP contribution in [0.4, 0.5) is 0 Å². The number of thioether (sulfide) groups is 1. The number of benzene rings is 2. The largest absolute Gasteiger partial charge is 0.338 e. The van der Waals surface area contributed by atoms with E-state index >= 15 is 0 Å². The molecule has 158 valence electrons. The van der Waals surface area contributed by atoms with Crippen LogP contribution >= 0.6 is 11.8 Å². The molecule has 3 heterocycles. The van der Waals surface area contributed by atoms with Gasteiger partial charge < -0.3 is 4.52 Å². The predicted molar refractivity (Wildman–Crippen MR) is 123 cm³/mol. The Labute approximate surface area is 189 Å². The minimum atomic E-state index is 0.487. The summed E-state index contributed by atoms with van der Waals surface area (Å²) in [6.45, 7) is 2.13. The zero-order valence-corrected chi connectivity index (χ0v) is 18.2. The Morgan fingerprint density at radius 3 is 2.41 bits per heavy atom. The molecule has 0 aliphatic heterocycles. The van der Waals surface area contributed by atoms with Gasteiger partial charge in [-0.1, -0.05) is 66.3 Å². The van der Waals surface area contributed by atoms with Crippen molar-refractivity contribution >= 4 is 11.8 Å². The van der Waals surface area contributed by atoms with Crippen LogP contribution in [-0.2, 0) is 12.2 Å². The minimum Gasteiger partial charge on any atom is -0.338 e. The van der Waals surface area contributed by atoms with Gasteiger partial charge in [0, 0.05) is 29.2 Å². The smallest absolute Gasteiger partial charge is 0.237 e. The fraction of sp³-hybridized carbons (Fsp3) is 0.125. The lowest BCUT2D eigenvalue weighted by Gasteiger charge is -2.09. The van der Waals surface area contributed by atoms with Crippen LogP contribution in [0, 0.1) is 0 Å². The van der Waals surface area contributed by atoms with Gasteiger partial charge in [0.2, 0.25) is 11.7 Å². The van der Waals surface area contributed by atoms with Crippen LogP contribution in [0.3, 0.4) is 0 Å². The molecule has 5 rings (SSSR count). The first-order valence-corrected chi connectivity index (χ1v) is 11.3. The molecular weight excluding hydrogens is 420 g/mol. The second kappa shape index (κ2) is 9.15. The third-order valence-electron chi connectivity index (χ3n) is 5.00. The molecule has 0 saturated carbocycles. The average Bonchev–Trinajstić information content (AvgIpc) is 3.51. The molecule has 0 aliphatic rings. The minimum absolute atomic E-state index is 0.487. The Morgan fingerprint density at radius 1 is 0.875 bits per heavy atom. The van der Waals surface area contributed by atoms with Crippen molar-refractivity contribution in [3.05, 3.63) is 90.6 Å². The van der Waals surface area contributed by atoms with Crippen LogP contribution in [0.2, 0.25) is 0 Å². The Morgan fingerprint density at radius 2 is 1.66 bits per heavy atom. The van der Waals surface area contributed by atoms with E-state index in [-0.39, 0.29) is 0 Å². The molecular formula is C24H20N6OS. The number of hydrogen-bond acceptors (Lipinski definition) is 7. The lowest BCUT2D eigenvalue weighted by atomic mass is 10.1. The van der Waals surface area contributed by atoms with Crippen molar-refractivity contribution in [2.75, 3.05) is 0 Å². The van der Waals surface area contributed by atoms with Crippen molar-refractivity contribution in [1.82, 2.24) is 29.9 Å². The van der Waals surface area contributed by atoms with Gasteiger partial charge in [-0.05, 0) is 36.2 Å². The molecule has 2 aromatic carbocycles. The van der Waals surface area contributed by atoms with Crippen LogP contribution in [0.25, 0.3) is 28.5 Å². The molecule has 8 heteroatoms. The maximum Gasteiger partial charge on any atom is 0.237 e. The first-order valence-electron chi connectivity index (χ1n) is 10.3. The molecule has 3 aromatic heterocycles. The van der Waals surface area contributed by atoms with Crippen LogP contribution in [0.5, 0.6) is 0 Å². The molecule has 0 unspecified atom stereocenters. The van der Waals surface area contributed by atoms with E-state index in [2.05, 4.69) is 44.4 Å². The van der Waals surface area contributed by atoms with Crippen LogP contribution in [0.1, 0.15) is 18.4 Å². The lowest BCUT2D eigenvalue weighted by molar-refractivity contribution is 0.391. The van der Waals surface area contributed by atoms with Gasteiger partial charge >= 0.3 is 0 Å². The van der Waals surface area contributed by atoms with Crippen molar-refractivity contribution in [3.8, 4) is 28.5 Å². The monoisotopic (exact) mass is 440 g/mol. The molecule has 5 aromatic rings. The summed E-state index contributed by atoms with van der Waals surface area (Å²) >= 11 is 1.50. The molecule has 0 spiro atoms. The Balaban J connectivity index is 1.40. The van der Waals surface area contributed by atoms with E-state index in [1.165, 1.54) is 17.3 Å². The van der Waals surface area contributed by atoms with Gasteiger partial charge in [0.15, 0.2) is 11.0 Å². The highest BCUT2D eigenvalue weighted by Gasteiger charge is 2.17. The highest BCUT2D eigenvalue weighted by Crippen LogP contribution is 2.29. The maximum absolute atomic E-state index is 5.49. The van der Waals surface area contributed by atoms with Crippen molar-refractivity contribution in [3.63, 3.8) is 0 Å². The van der Waals surface area contributed by atoms with E-state index < -0.39 is 0 Å². The number of hydrogen-bond donors (Lipinski definition) is 0. The van der Waals surface area contributed by atoms with Crippen molar-refractivity contribution < 1.29 is 4.52 Å². The van der Waals surface area contributed by atoms with Gasteiger partial charge in [-0.3, -0.25) is 9.55 Å². The summed E-state index contributed by atoms with van der Waals surface area (Å²) in [6, 6.07) is 22.1. The number of aryl methyl sites for hydroxylation is 1. The normalized spacial score (nSPS) is 11.0. The lowest BCUT2D eigenvalue weighted by Crippen LogP contribution is -1.99. The third kappa shape index (κ3) is 4.17. The summed E-state index contributed by atoms with van der Waals surface area (Å²) < 4.78 is 7.52. The van der Waals surface area contributed by atoms with Crippen LogP contribution in [0.15, 0.2) is 88.8 Å². The summed E-state index contributed by atoms with van der Waals surface area (Å²) in [5, 5.41) is 13.8. The summed E-state index contributed by atoms with van der Waals surface area (Å²) in [7, 11) is 0. The van der Waals surface area contributed by atoms with Gasteiger partial charge in [-0.15, -0.1) is 10.2 Å². The fourth-order valence-electron chi connectivity index (χ4n) is 3.31. The van der Waals surface area contributed by atoms with E-state index in [0.29, 0.717) is 17.5 Å². The molecule has 0 radical (unpaired) electrons. The van der Waals surface area contributed by atoms with E-state index in [1.54, 1.807) is 12.4 Å². The SMILES string of the molecule is CCc1ccc(-c2noc(CSc3nnc(-c4ccncc4)n3-c3ccccc3)n2)cc1. The number of para-hydroxylation sites is 1. The zero-order chi connectivity index (χ0) is 21.8.